The summed E-state index contributed by atoms with van der Waals surface area (Å²) in [6.45, 7) is 1.42. The summed E-state index contributed by atoms with van der Waals surface area (Å²) < 4.78 is 12.1. The molecule has 0 aliphatic rings. The Morgan fingerprint density at radius 3 is 2.44 bits per heavy atom. The number of ether oxygens (including phenoxy) is 2. The van der Waals surface area contributed by atoms with Crippen molar-refractivity contribution >= 4 is 23.4 Å². The van der Waals surface area contributed by atoms with Crippen molar-refractivity contribution in [3.63, 3.8) is 0 Å². The van der Waals surface area contributed by atoms with Gasteiger partial charge in [0.2, 0.25) is 5.91 Å². The van der Waals surface area contributed by atoms with Gasteiger partial charge in [-0.25, -0.2) is 0 Å². The zero-order chi connectivity index (χ0) is 18.6. The fourth-order valence-corrected chi connectivity index (χ4v) is 2.62. The van der Waals surface area contributed by atoms with Gasteiger partial charge in [-0.05, 0) is 25.1 Å². The van der Waals surface area contributed by atoms with E-state index in [1.165, 1.54) is 27.2 Å². The Labute approximate surface area is 150 Å². The summed E-state index contributed by atoms with van der Waals surface area (Å²) in [7, 11) is 2.86. The second kappa shape index (κ2) is 7.58. The molecule has 0 radical (unpaired) electrons. The Hall–Kier alpha value is -2.51. The first-order chi connectivity index (χ1) is 11.8. The topological polar surface area (TPSA) is 95.6 Å². The average Bonchev–Trinajstić information content (AvgIpc) is 3.08. The van der Waals surface area contributed by atoms with Crippen molar-refractivity contribution in [1.29, 1.82) is 0 Å². The monoisotopic (exact) mass is 365 g/mol. The molecule has 0 spiro atoms. The molecular formula is C17H20ClN3O4. The molecule has 1 atom stereocenters. The van der Waals surface area contributed by atoms with Gasteiger partial charge >= 0.3 is 0 Å². The van der Waals surface area contributed by atoms with Crippen LogP contribution in [-0.2, 0) is 9.53 Å². The van der Waals surface area contributed by atoms with Gasteiger partial charge in [0.1, 0.15) is 11.3 Å². The van der Waals surface area contributed by atoms with Crippen molar-refractivity contribution in [3.8, 4) is 11.4 Å². The molecule has 1 aromatic carbocycles. The van der Waals surface area contributed by atoms with Crippen molar-refractivity contribution in [1.82, 2.24) is 9.88 Å². The van der Waals surface area contributed by atoms with Crippen molar-refractivity contribution in [2.45, 2.75) is 12.5 Å². The van der Waals surface area contributed by atoms with Crippen LogP contribution in [0.4, 0.5) is 0 Å². The van der Waals surface area contributed by atoms with Gasteiger partial charge in [-0.15, -0.1) is 0 Å². The highest BCUT2D eigenvalue weighted by molar-refractivity contribution is 6.33. The third-order valence-corrected chi connectivity index (χ3v) is 4.07. The van der Waals surface area contributed by atoms with E-state index in [1.807, 2.05) is 24.5 Å². The zero-order valence-electron chi connectivity index (χ0n) is 14.2. The van der Waals surface area contributed by atoms with Crippen LogP contribution >= 0.6 is 11.6 Å². The molecule has 2 rings (SSSR count). The molecule has 134 valence electrons. The summed E-state index contributed by atoms with van der Waals surface area (Å²) in [5.41, 5.74) is 4.87. The van der Waals surface area contributed by atoms with Gasteiger partial charge in [0.25, 0.3) is 5.91 Å². The van der Waals surface area contributed by atoms with Crippen LogP contribution in [-0.4, -0.2) is 42.7 Å². The number of aromatic nitrogens is 1. The summed E-state index contributed by atoms with van der Waals surface area (Å²) in [5.74, 6) is -0.942. The molecule has 1 heterocycles. The molecule has 0 bridgehead atoms. The molecule has 0 saturated heterocycles. The van der Waals surface area contributed by atoms with Crippen LogP contribution in [0.2, 0.25) is 5.02 Å². The lowest BCUT2D eigenvalue weighted by Gasteiger charge is -2.27. The lowest BCUT2D eigenvalue weighted by atomic mass is 10.0. The summed E-state index contributed by atoms with van der Waals surface area (Å²) in [5, 5.41) is 2.94. The first kappa shape index (κ1) is 18.8. The number of benzene rings is 1. The van der Waals surface area contributed by atoms with Gasteiger partial charge in [0, 0.05) is 25.6 Å². The average molecular weight is 366 g/mol. The zero-order valence-corrected chi connectivity index (χ0v) is 15.0. The maximum absolute atomic E-state index is 12.6. The molecule has 0 aliphatic heterocycles. The number of nitrogens with two attached hydrogens (primary N) is 1. The van der Waals surface area contributed by atoms with Crippen LogP contribution < -0.4 is 15.8 Å². The fourth-order valence-electron chi connectivity index (χ4n) is 2.36. The number of amides is 2. The van der Waals surface area contributed by atoms with E-state index in [-0.39, 0.29) is 12.2 Å². The highest BCUT2D eigenvalue weighted by Crippen LogP contribution is 2.30. The standard InChI is InChI=1S/C17H20ClN3O4/c1-17(10-24-2,16(19)23)20-15(22)11-8-12(18)13(9-14(11)25-3)21-6-4-5-7-21/h4-9H,10H2,1-3H3,(H2,19,23)(H,20,22)/t17-/m1/s1. The number of primary amides is 1. The number of nitrogens with one attached hydrogen (secondary N) is 1. The Balaban J connectivity index is 2.40. The number of methoxy groups -OCH3 is 2. The third-order valence-electron chi connectivity index (χ3n) is 3.76. The Morgan fingerprint density at radius 1 is 1.28 bits per heavy atom. The number of halogens is 1. The molecule has 25 heavy (non-hydrogen) atoms. The van der Waals surface area contributed by atoms with Gasteiger partial charge < -0.3 is 25.1 Å². The van der Waals surface area contributed by atoms with E-state index in [1.54, 1.807) is 10.6 Å². The second-order valence-corrected chi connectivity index (χ2v) is 6.08. The molecule has 1 aromatic heterocycles. The Bertz CT molecular complexity index is 776. The smallest absolute Gasteiger partial charge is 0.256 e. The predicted octanol–water partition coefficient (Wildman–Crippen LogP) is 1.76. The minimum absolute atomic E-state index is 0.0639. The molecule has 0 aliphatic carbocycles. The van der Waals surface area contributed by atoms with E-state index in [2.05, 4.69) is 5.32 Å². The van der Waals surface area contributed by atoms with Crippen LogP contribution in [0.3, 0.4) is 0 Å². The number of hydrogen-bond donors (Lipinski definition) is 2. The van der Waals surface area contributed by atoms with E-state index < -0.39 is 17.4 Å². The minimum Gasteiger partial charge on any atom is -0.496 e. The quantitative estimate of drug-likeness (QED) is 0.781. The van der Waals surface area contributed by atoms with Crippen molar-refractivity contribution in [2.75, 3.05) is 20.8 Å². The summed E-state index contributed by atoms with van der Waals surface area (Å²) >= 11 is 6.32. The van der Waals surface area contributed by atoms with Crippen molar-refractivity contribution in [3.05, 3.63) is 47.2 Å². The Morgan fingerprint density at radius 2 is 1.92 bits per heavy atom. The normalized spacial score (nSPS) is 13.1. The van der Waals surface area contributed by atoms with Gasteiger partial charge in [-0.1, -0.05) is 11.6 Å². The maximum Gasteiger partial charge on any atom is 0.256 e. The van der Waals surface area contributed by atoms with Gasteiger partial charge in [-0.2, -0.15) is 0 Å². The van der Waals surface area contributed by atoms with Crippen LogP contribution in [0.25, 0.3) is 5.69 Å². The van der Waals surface area contributed by atoms with Crippen LogP contribution in [0.15, 0.2) is 36.7 Å². The lowest BCUT2D eigenvalue weighted by Crippen LogP contribution is -2.58. The predicted molar refractivity (Wildman–Crippen MR) is 94.3 cm³/mol. The molecule has 0 unspecified atom stereocenters. The molecule has 0 saturated carbocycles. The SMILES string of the molecule is COC[C@@](C)(NC(=O)c1cc(Cl)c(-n2cccc2)cc1OC)C(N)=O. The molecule has 8 heteroatoms. The minimum atomic E-state index is -1.36. The number of rotatable bonds is 7. The fraction of sp³-hybridized carbons (Fsp3) is 0.294. The third kappa shape index (κ3) is 3.94. The van der Waals surface area contributed by atoms with E-state index in [0.717, 1.165) is 0 Å². The van der Waals surface area contributed by atoms with E-state index >= 15 is 0 Å². The van der Waals surface area contributed by atoms with Crippen LogP contribution in [0.1, 0.15) is 17.3 Å². The Kier molecular flexibility index (Phi) is 5.71. The van der Waals surface area contributed by atoms with Gasteiger partial charge in [-0.3, -0.25) is 9.59 Å². The van der Waals surface area contributed by atoms with Gasteiger partial charge in [0.15, 0.2) is 0 Å². The number of carbonyl (C=O) groups is 2. The number of hydrogen-bond acceptors (Lipinski definition) is 4. The first-order valence-corrected chi connectivity index (χ1v) is 7.82. The molecule has 3 N–H and O–H groups in total. The molecule has 0 fully saturated rings. The molecule has 2 amide bonds. The highest BCUT2D eigenvalue weighted by atomic mass is 35.5. The van der Waals surface area contributed by atoms with Gasteiger partial charge in [0.05, 0.1) is 30.0 Å². The van der Waals surface area contributed by atoms with Crippen molar-refractivity contribution in [2.24, 2.45) is 5.73 Å². The van der Waals surface area contributed by atoms with E-state index in [0.29, 0.717) is 16.5 Å². The summed E-state index contributed by atoms with van der Waals surface area (Å²) in [6, 6.07) is 6.84. The van der Waals surface area contributed by atoms with Crippen LogP contribution in [0, 0.1) is 0 Å². The van der Waals surface area contributed by atoms with E-state index in [9.17, 15) is 9.59 Å². The summed E-state index contributed by atoms with van der Waals surface area (Å²) in [6.07, 6.45) is 3.65. The number of carbonyl (C=O) groups excluding carboxylic acids is 2. The lowest BCUT2D eigenvalue weighted by molar-refractivity contribution is -0.125. The molecular weight excluding hydrogens is 346 g/mol. The van der Waals surface area contributed by atoms with E-state index in [4.69, 9.17) is 26.8 Å². The number of nitrogens with zero attached hydrogens (tertiary/aromatic N) is 1. The molecule has 2 aromatic rings. The highest BCUT2D eigenvalue weighted by Gasteiger charge is 2.34. The molecule has 7 nitrogen and oxygen atoms in total. The maximum atomic E-state index is 12.6. The largest absolute Gasteiger partial charge is 0.496 e. The van der Waals surface area contributed by atoms with Crippen LogP contribution in [0.5, 0.6) is 5.75 Å². The summed E-state index contributed by atoms with van der Waals surface area (Å²) in [4.78, 5) is 24.3. The first-order valence-electron chi connectivity index (χ1n) is 7.44. The van der Waals surface area contributed by atoms with Crippen molar-refractivity contribution < 1.29 is 19.1 Å². The second-order valence-electron chi connectivity index (χ2n) is 5.68.